The van der Waals surface area contributed by atoms with Gasteiger partial charge in [0.15, 0.2) is 5.58 Å². The standard InChI is InChI=1S/C25H22N4O3S/c30-21(13-14-29-18-10-4-5-11-19(18)32-25(29)31)28-24-22(15-7-1-6-12-20(15)33-24)23-26-16-8-2-3-9-17(16)27-23/h2-5,8-11H,1,6-7,12-14H2,(H,26,27)(H,28,30). The third-order valence-corrected chi connectivity index (χ3v) is 7.39. The van der Waals surface area contributed by atoms with E-state index < -0.39 is 5.76 Å². The van der Waals surface area contributed by atoms with Gasteiger partial charge in [0.1, 0.15) is 10.8 Å². The average Bonchev–Trinajstić information content (AvgIpc) is 3.49. The Hall–Kier alpha value is -3.65. The molecule has 8 heteroatoms. The molecule has 1 amide bonds. The number of anilines is 1. The lowest BCUT2D eigenvalue weighted by Gasteiger charge is -2.12. The molecule has 6 rings (SSSR count). The second kappa shape index (κ2) is 8.04. The number of aromatic nitrogens is 3. The van der Waals surface area contributed by atoms with Crippen molar-refractivity contribution >= 4 is 44.4 Å². The molecule has 0 saturated heterocycles. The van der Waals surface area contributed by atoms with Crippen LogP contribution in [0.4, 0.5) is 5.00 Å². The number of imidazole rings is 1. The van der Waals surface area contributed by atoms with E-state index in [1.807, 2.05) is 42.5 Å². The summed E-state index contributed by atoms with van der Waals surface area (Å²) in [5, 5.41) is 3.94. The van der Waals surface area contributed by atoms with Crippen molar-refractivity contribution in [2.45, 2.75) is 38.6 Å². The van der Waals surface area contributed by atoms with Gasteiger partial charge in [-0.1, -0.05) is 24.3 Å². The normalized spacial score (nSPS) is 13.5. The molecule has 0 unspecified atom stereocenters. The fourth-order valence-corrected chi connectivity index (χ4v) is 5.91. The molecule has 166 valence electrons. The Bertz CT molecular complexity index is 1520. The van der Waals surface area contributed by atoms with Crippen LogP contribution in [0.1, 0.15) is 29.7 Å². The van der Waals surface area contributed by atoms with Gasteiger partial charge in [0.25, 0.3) is 0 Å². The molecule has 0 spiro atoms. The Kier molecular flexibility index (Phi) is 4.87. The molecule has 5 aromatic rings. The number of amides is 1. The highest BCUT2D eigenvalue weighted by atomic mass is 32.1. The number of nitrogens with zero attached hydrogens (tertiary/aromatic N) is 2. The van der Waals surface area contributed by atoms with E-state index in [0.717, 1.165) is 53.1 Å². The number of aromatic amines is 1. The fourth-order valence-electron chi connectivity index (χ4n) is 4.60. The third-order valence-electron chi connectivity index (χ3n) is 6.19. The molecule has 33 heavy (non-hydrogen) atoms. The molecule has 0 bridgehead atoms. The molecule has 0 radical (unpaired) electrons. The van der Waals surface area contributed by atoms with Crippen LogP contribution in [-0.2, 0) is 24.2 Å². The zero-order valence-corrected chi connectivity index (χ0v) is 18.7. The SMILES string of the molecule is O=C(CCn1c(=O)oc2ccccc21)Nc1sc2c(c1-c1nc3ccccc3[nH]1)CCCC2. The van der Waals surface area contributed by atoms with Crippen molar-refractivity contribution in [3.63, 3.8) is 0 Å². The van der Waals surface area contributed by atoms with Gasteiger partial charge in [0.2, 0.25) is 5.91 Å². The van der Waals surface area contributed by atoms with Crippen molar-refractivity contribution in [1.82, 2.24) is 14.5 Å². The number of aryl methyl sites for hydroxylation is 2. The average molecular weight is 459 g/mol. The van der Waals surface area contributed by atoms with Crippen LogP contribution in [-0.4, -0.2) is 20.4 Å². The van der Waals surface area contributed by atoms with Crippen molar-refractivity contribution in [2.24, 2.45) is 0 Å². The van der Waals surface area contributed by atoms with E-state index >= 15 is 0 Å². The highest BCUT2D eigenvalue weighted by Crippen LogP contribution is 2.43. The molecule has 1 aliphatic carbocycles. The predicted molar refractivity (Wildman–Crippen MR) is 130 cm³/mol. The summed E-state index contributed by atoms with van der Waals surface area (Å²) in [5.74, 6) is 0.213. The summed E-state index contributed by atoms with van der Waals surface area (Å²) in [6.07, 6.45) is 4.49. The van der Waals surface area contributed by atoms with Crippen molar-refractivity contribution in [1.29, 1.82) is 0 Å². The van der Waals surface area contributed by atoms with E-state index in [-0.39, 0.29) is 18.9 Å². The summed E-state index contributed by atoms with van der Waals surface area (Å²) in [7, 11) is 0. The van der Waals surface area contributed by atoms with Crippen LogP contribution < -0.4 is 11.1 Å². The molecule has 1 aliphatic rings. The molecular weight excluding hydrogens is 436 g/mol. The van der Waals surface area contributed by atoms with Crippen molar-refractivity contribution in [3.8, 4) is 11.4 Å². The maximum Gasteiger partial charge on any atom is 0.419 e. The third kappa shape index (κ3) is 3.56. The fraction of sp³-hybridized carbons (Fsp3) is 0.240. The van der Waals surface area contributed by atoms with Crippen LogP contribution in [0.15, 0.2) is 57.7 Å². The minimum absolute atomic E-state index is 0.136. The number of carbonyl (C=O) groups excluding carboxylic acids is 1. The molecule has 0 aliphatic heterocycles. The monoisotopic (exact) mass is 458 g/mol. The van der Waals surface area contributed by atoms with Gasteiger partial charge in [0.05, 0.1) is 22.1 Å². The largest absolute Gasteiger partial charge is 0.419 e. The molecule has 2 N–H and O–H groups in total. The lowest BCUT2D eigenvalue weighted by Crippen LogP contribution is -2.19. The lowest BCUT2D eigenvalue weighted by atomic mass is 9.95. The van der Waals surface area contributed by atoms with Crippen LogP contribution in [0.3, 0.4) is 0 Å². The van der Waals surface area contributed by atoms with Crippen molar-refractivity contribution < 1.29 is 9.21 Å². The summed E-state index contributed by atoms with van der Waals surface area (Å²) in [5.41, 5.74) is 5.41. The Labute approximate surface area is 193 Å². The highest BCUT2D eigenvalue weighted by Gasteiger charge is 2.25. The lowest BCUT2D eigenvalue weighted by molar-refractivity contribution is -0.116. The number of fused-ring (bicyclic) bond motifs is 3. The van der Waals surface area contributed by atoms with Gasteiger partial charge >= 0.3 is 5.76 Å². The zero-order chi connectivity index (χ0) is 22.4. The molecule has 3 aromatic heterocycles. The van der Waals surface area contributed by atoms with Gasteiger partial charge in [-0.15, -0.1) is 11.3 Å². The molecule has 0 fully saturated rings. The predicted octanol–water partition coefficient (Wildman–Crippen LogP) is 5.11. The maximum absolute atomic E-state index is 12.9. The van der Waals surface area contributed by atoms with E-state index in [9.17, 15) is 9.59 Å². The number of hydrogen-bond donors (Lipinski definition) is 2. The summed E-state index contributed by atoms with van der Waals surface area (Å²) in [6.45, 7) is 0.257. The Morgan fingerprint density at radius 2 is 1.94 bits per heavy atom. The number of rotatable bonds is 5. The number of thiophene rings is 1. The van der Waals surface area contributed by atoms with Gasteiger partial charge < -0.3 is 14.7 Å². The number of H-pyrrole nitrogens is 1. The highest BCUT2D eigenvalue weighted by molar-refractivity contribution is 7.17. The summed E-state index contributed by atoms with van der Waals surface area (Å²) < 4.78 is 6.78. The molecule has 3 heterocycles. The number of para-hydroxylation sites is 4. The minimum Gasteiger partial charge on any atom is -0.408 e. The Morgan fingerprint density at radius 3 is 2.85 bits per heavy atom. The second-order valence-electron chi connectivity index (χ2n) is 8.30. The first kappa shape index (κ1) is 20.0. The van der Waals surface area contributed by atoms with Gasteiger partial charge in [-0.25, -0.2) is 9.78 Å². The number of hydrogen-bond acceptors (Lipinski definition) is 5. The molecule has 2 aromatic carbocycles. The first-order chi connectivity index (χ1) is 16.2. The van der Waals surface area contributed by atoms with Crippen molar-refractivity contribution in [2.75, 3.05) is 5.32 Å². The minimum atomic E-state index is -0.446. The van der Waals surface area contributed by atoms with Gasteiger partial charge in [-0.05, 0) is 55.5 Å². The van der Waals surface area contributed by atoms with Crippen molar-refractivity contribution in [3.05, 3.63) is 69.5 Å². The van der Waals surface area contributed by atoms with Gasteiger partial charge in [-0.2, -0.15) is 0 Å². The van der Waals surface area contributed by atoms with E-state index in [1.54, 1.807) is 17.4 Å². The van der Waals surface area contributed by atoms with Crippen LogP contribution in [0, 0.1) is 0 Å². The van der Waals surface area contributed by atoms with Crippen LogP contribution >= 0.6 is 11.3 Å². The smallest absolute Gasteiger partial charge is 0.408 e. The number of carbonyl (C=O) groups is 1. The number of benzene rings is 2. The Balaban J connectivity index is 1.29. The van der Waals surface area contributed by atoms with E-state index in [2.05, 4.69) is 10.3 Å². The van der Waals surface area contributed by atoms with Crippen LogP contribution in [0.25, 0.3) is 33.5 Å². The molecule has 0 atom stereocenters. The quantitative estimate of drug-likeness (QED) is 0.383. The zero-order valence-electron chi connectivity index (χ0n) is 17.9. The van der Waals surface area contributed by atoms with Gasteiger partial charge in [-0.3, -0.25) is 9.36 Å². The molecular formula is C25H22N4O3S. The Morgan fingerprint density at radius 1 is 1.12 bits per heavy atom. The molecule has 7 nitrogen and oxygen atoms in total. The first-order valence-corrected chi connectivity index (χ1v) is 12.0. The number of nitrogens with one attached hydrogen (secondary N) is 2. The molecule has 0 saturated carbocycles. The topological polar surface area (TPSA) is 92.9 Å². The van der Waals surface area contributed by atoms with E-state index in [4.69, 9.17) is 9.40 Å². The first-order valence-electron chi connectivity index (χ1n) is 11.2. The summed E-state index contributed by atoms with van der Waals surface area (Å²) in [6, 6.07) is 15.2. The summed E-state index contributed by atoms with van der Waals surface area (Å²) in [4.78, 5) is 34.7. The number of oxazole rings is 1. The maximum atomic E-state index is 12.9. The van der Waals surface area contributed by atoms with E-state index in [1.165, 1.54) is 15.0 Å². The van der Waals surface area contributed by atoms with Crippen LogP contribution in [0.5, 0.6) is 0 Å². The van der Waals surface area contributed by atoms with Gasteiger partial charge in [0, 0.05) is 17.8 Å². The van der Waals surface area contributed by atoms with Crippen LogP contribution in [0.2, 0.25) is 0 Å². The second-order valence-corrected chi connectivity index (χ2v) is 9.41. The summed E-state index contributed by atoms with van der Waals surface area (Å²) >= 11 is 1.65. The van der Waals surface area contributed by atoms with E-state index in [0.29, 0.717) is 11.1 Å².